The van der Waals surface area contributed by atoms with Crippen LogP contribution in [0.3, 0.4) is 0 Å². The molecule has 0 atom stereocenters. The highest BCUT2D eigenvalue weighted by atomic mass is 32.1. The maximum absolute atomic E-state index is 12.3. The van der Waals surface area contributed by atoms with E-state index in [9.17, 15) is 4.79 Å². The third-order valence-corrected chi connectivity index (χ3v) is 4.96. The summed E-state index contributed by atoms with van der Waals surface area (Å²) in [5.41, 5.74) is 0.979. The number of benzene rings is 1. The van der Waals surface area contributed by atoms with Crippen molar-refractivity contribution in [1.82, 2.24) is 15.1 Å². The summed E-state index contributed by atoms with van der Waals surface area (Å²) >= 11 is 1.46. The Labute approximate surface area is 143 Å². The van der Waals surface area contributed by atoms with Gasteiger partial charge in [0.2, 0.25) is 5.13 Å². The molecule has 0 bridgehead atoms. The second-order valence-corrected chi connectivity index (χ2v) is 6.99. The third kappa shape index (κ3) is 3.28. The second-order valence-electron chi connectivity index (χ2n) is 5.98. The molecule has 126 valence electrons. The topological polar surface area (TPSA) is 76.6 Å². The van der Waals surface area contributed by atoms with Gasteiger partial charge in [0, 0.05) is 19.5 Å². The van der Waals surface area contributed by atoms with E-state index in [2.05, 4.69) is 15.5 Å². The van der Waals surface area contributed by atoms with Gasteiger partial charge in [0.1, 0.15) is 18.2 Å². The highest BCUT2D eigenvalue weighted by Crippen LogP contribution is 2.42. The summed E-state index contributed by atoms with van der Waals surface area (Å²) < 4.78 is 11.1. The van der Waals surface area contributed by atoms with Crippen LogP contribution in [-0.4, -0.2) is 41.4 Å². The highest BCUT2D eigenvalue weighted by Gasteiger charge is 2.28. The fourth-order valence-electron chi connectivity index (χ4n) is 2.50. The molecule has 1 aliphatic heterocycles. The van der Waals surface area contributed by atoms with Crippen LogP contribution in [-0.2, 0) is 6.54 Å². The molecule has 1 aromatic heterocycles. The molecule has 4 rings (SSSR count). The molecular formula is C16H18N4O3S. The Morgan fingerprint density at radius 2 is 2.08 bits per heavy atom. The number of amides is 2. The monoisotopic (exact) mass is 346 g/mol. The van der Waals surface area contributed by atoms with E-state index in [1.165, 1.54) is 24.2 Å². The molecule has 0 radical (unpaired) electrons. The number of urea groups is 1. The van der Waals surface area contributed by atoms with Crippen molar-refractivity contribution in [2.45, 2.75) is 25.3 Å². The summed E-state index contributed by atoms with van der Waals surface area (Å²) in [7, 11) is 1.75. The first-order chi connectivity index (χ1) is 11.7. The van der Waals surface area contributed by atoms with Crippen molar-refractivity contribution >= 4 is 22.5 Å². The first kappa shape index (κ1) is 15.2. The minimum Gasteiger partial charge on any atom is -0.486 e. The van der Waals surface area contributed by atoms with Crippen LogP contribution >= 0.6 is 11.3 Å². The number of aromatic nitrogens is 2. The van der Waals surface area contributed by atoms with Crippen molar-refractivity contribution in [3.05, 3.63) is 28.8 Å². The van der Waals surface area contributed by atoms with Crippen LogP contribution in [0.1, 0.15) is 29.3 Å². The Hall–Kier alpha value is -2.35. The van der Waals surface area contributed by atoms with E-state index in [4.69, 9.17) is 9.47 Å². The lowest BCUT2D eigenvalue weighted by atomic mass is 10.2. The molecule has 2 amide bonds. The van der Waals surface area contributed by atoms with Crippen molar-refractivity contribution in [3.63, 3.8) is 0 Å². The Balaban J connectivity index is 1.37. The molecule has 1 N–H and O–H groups in total. The van der Waals surface area contributed by atoms with E-state index in [1.54, 1.807) is 11.9 Å². The highest BCUT2D eigenvalue weighted by molar-refractivity contribution is 7.15. The summed E-state index contributed by atoms with van der Waals surface area (Å²) in [6.45, 7) is 1.59. The summed E-state index contributed by atoms with van der Waals surface area (Å²) in [4.78, 5) is 13.9. The predicted octanol–water partition coefficient (Wildman–Crippen LogP) is 2.85. The van der Waals surface area contributed by atoms with Gasteiger partial charge in [-0.15, -0.1) is 10.2 Å². The fraction of sp³-hybridized carbons (Fsp3) is 0.438. The van der Waals surface area contributed by atoms with E-state index in [-0.39, 0.29) is 6.03 Å². The van der Waals surface area contributed by atoms with Gasteiger partial charge in [-0.25, -0.2) is 4.79 Å². The summed E-state index contributed by atoms with van der Waals surface area (Å²) in [5.74, 6) is 2.02. The Bertz CT molecular complexity index is 760. The Morgan fingerprint density at radius 3 is 2.88 bits per heavy atom. The van der Waals surface area contributed by atoms with Gasteiger partial charge in [-0.3, -0.25) is 5.32 Å². The van der Waals surface area contributed by atoms with Crippen LogP contribution < -0.4 is 14.8 Å². The standard InChI is InChI=1S/C16H18N4O3S/c1-20(9-10-2-5-12-13(8-10)23-7-6-22-12)16(21)17-15-19-18-14(24-15)11-3-4-11/h2,5,8,11H,3-4,6-7,9H2,1H3,(H,17,19,21). The van der Waals surface area contributed by atoms with E-state index in [1.807, 2.05) is 18.2 Å². The van der Waals surface area contributed by atoms with E-state index in [0.29, 0.717) is 30.8 Å². The van der Waals surface area contributed by atoms with Crippen LogP contribution in [0.4, 0.5) is 9.93 Å². The first-order valence-corrected chi connectivity index (χ1v) is 8.75. The zero-order valence-corrected chi connectivity index (χ0v) is 14.1. The van der Waals surface area contributed by atoms with Gasteiger partial charge in [0.15, 0.2) is 11.5 Å². The number of hydrogen-bond donors (Lipinski definition) is 1. The van der Waals surface area contributed by atoms with Crippen LogP contribution in [0.25, 0.3) is 0 Å². The minimum absolute atomic E-state index is 0.205. The summed E-state index contributed by atoms with van der Waals surface area (Å²) in [5, 5.41) is 12.5. The Morgan fingerprint density at radius 1 is 1.29 bits per heavy atom. The molecule has 1 aromatic carbocycles. The molecule has 0 spiro atoms. The third-order valence-electron chi connectivity index (χ3n) is 3.95. The zero-order valence-electron chi connectivity index (χ0n) is 13.3. The molecule has 2 aliphatic rings. The largest absolute Gasteiger partial charge is 0.486 e. The first-order valence-electron chi connectivity index (χ1n) is 7.93. The maximum atomic E-state index is 12.3. The molecular weight excluding hydrogens is 328 g/mol. The summed E-state index contributed by atoms with van der Waals surface area (Å²) in [6, 6.07) is 5.52. The molecule has 0 saturated heterocycles. The van der Waals surface area contributed by atoms with Crippen molar-refractivity contribution in [2.75, 3.05) is 25.6 Å². The molecule has 24 heavy (non-hydrogen) atoms. The normalized spacial score (nSPS) is 15.9. The maximum Gasteiger partial charge on any atom is 0.323 e. The average molecular weight is 346 g/mol. The number of rotatable bonds is 4. The predicted molar refractivity (Wildman–Crippen MR) is 89.8 cm³/mol. The van der Waals surface area contributed by atoms with Crippen LogP contribution in [0.2, 0.25) is 0 Å². The molecule has 1 saturated carbocycles. The van der Waals surface area contributed by atoms with E-state index >= 15 is 0 Å². The van der Waals surface area contributed by atoms with Crippen molar-refractivity contribution in [2.24, 2.45) is 0 Å². The van der Waals surface area contributed by atoms with Crippen LogP contribution in [0.15, 0.2) is 18.2 Å². The number of ether oxygens (including phenoxy) is 2. The van der Waals surface area contributed by atoms with Crippen LogP contribution in [0.5, 0.6) is 11.5 Å². The van der Waals surface area contributed by atoms with Gasteiger partial charge in [-0.05, 0) is 30.5 Å². The second kappa shape index (κ2) is 6.27. The number of carbonyl (C=O) groups excluding carboxylic acids is 1. The fourth-order valence-corrected chi connectivity index (χ4v) is 3.40. The number of hydrogen-bond acceptors (Lipinski definition) is 6. The number of fused-ring (bicyclic) bond motifs is 1. The van der Waals surface area contributed by atoms with Gasteiger partial charge in [0.05, 0.1) is 0 Å². The lowest BCUT2D eigenvalue weighted by Crippen LogP contribution is -2.30. The number of nitrogens with zero attached hydrogens (tertiary/aromatic N) is 3. The molecule has 2 aromatic rings. The molecule has 1 aliphatic carbocycles. The zero-order chi connectivity index (χ0) is 16.5. The smallest absolute Gasteiger partial charge is 0.323 e. The van der Waals surface area contributed by atoms with E-state index < -0.39 is 0 Å². The van der Waals surface area contributed by atoms with E-state index in [0.717, 1.165) is 22.1 Å². The summed E-state index contributed by atoms with van der Waals surface area (Å²) in [6.07, 6.45) is 2.35. The molecule has 2 heterocycles. The quantitative estimate of drug-likeness (QED) is 0.921. The van der Waals surface area contributed by atoms with Gasteiger partial charge in [-0.1, -0.05) is 17.4 Å². The van der Waals surface area contributed by atoms with Gasteiger partial charge in [-0.2, -0.15) is 0 Å². The molecule has 7 nitrogen and oxygen atoms in total. The SMILES string of the molecule is CN(Cc1ccc2c(c1)OCCO2)C(=O)Nc1nnc(C2CC2)s1. The lowest BCUT2D eigenvalue weighted by Gasteiger charge is -2.21. The molecule has 1 fully saturated rings. The Kier molecular flexibility index (Phi) is 3.97. The number of nitrogens with one attached hydrogen (secondary N) is 1. The van der Waals surface area contributed by atoms with Crippen molar-refractivity contribution < 1.29 is 14.3 Å². The average Bonchev–Trinajstić information content (AvgIpc) is 3.34. The van der Waals surface area contributed by atoms with Crippen molar-refractivity contribution in [3.8, 4) is 11.5 Å². The molecule has 0 unspecified atom stereocenters. The number of anilines is 1. The number of carbonyl (C=O) groups is 1. The van der Waals surface area contributed by atoms with Crippen molar-refractivity contribution in [1.29, 1.82) is 0 Å². The van der Waals surface area contributed by atoms with Gasteiger partial charge < -0.3 is 14.4 Å². The molecule has 8 heteroatoms. The van der Waals surface area contributed by atoms with Crippen LogP contribution in [0, 0.1) is 0 Å². The van der Waals surface area contributed by atoms with Gasteiger partial charge in [0.25, 0.3) is 0 Å². The lowest BCUT2D eigenvalue weighted by molar-refractivity contribution is 0.171. The van der Waals surface area contributed by atoms with Gasteiger partial charge >= 0.3 is 6.03 Å². The minimum atomic E-state index is -0.205.